The van der Waals surface area contributed by atoms with Gasteiger partial charge in [-0.2, -0.15) is 21.6 Å². The summed E-state index contributed by atoms with van der Waals surface area (Å²) in [7, 11) is -9.98. The van der Waals surface area contributed by atoms with Crippen LogP contribution >= 0.6 is 0 Å². The number of aromatic nitrogens is 2. The molecule has 0 N–H and O–H groups in total. The minimum Gasteiger partial charge on any atom is -0.382 e. The summed E-state index contributed by atoms with van der Waals surface area (Å²) >= 11 is 0. The summed E-state index contributed by atoms with van der Waals surface area (Å²) < 4.78 is 93.9. The summed E-state index contributed by atoms with van der Waals surface area (Å²) in [6.45, 7) is 2.88. The van der Waals surface area contributed by atoms with Crippen molar-refractivity contribution in [1.29, 1.82) is 0 Å². The highest BCUT2D eigenvalue weighted by atomic mass is 32.3. The van der Waals surface area contributed by atoms with E-state index in [0.717, 1.165) is 0 Å². The first-order valence-electron chi connectivity index (χ1n) is 9.05. The van der Waals surface area contributed by atoms with Crippen LogP contribution in [0.2, 0.25) is 0 Å². The molecule has 0 bridgehead atoms. The molecule has 0 aliphatic carbocycles. The highest BCUT2D eigenvalue weighted by Gasteiger charge is 2.63. The van der Waals surface area contributed by atoms with Gasteiger partial charge in [-0.1, -0.05) is 6.42 Å². The van der Waals surface area contributed by atoms with Gasteiger partial charge >= 0.3 is 25.6 Å². The molecule has 0 unspecified atom stereocenters. The molecule has 0 saturated carbocycles. The van der Waals surface area contributed by atoms with Crippen LogP contribution in [0.4, 0.5) is 13.2 Å². The Morgan fingerprint density at radius 2 is 1.70 bits per heavy atom. The van der Waals surface area contributed by atoms with Gasteiger partial charge < -0.3 is 9.47 Å². The summed E-state index contributed by atoms with van der Waals surface area (Å²) in [5.41, 5.74) is -5.97. The van der Waals surface area contributed by atoms with Gasteiger partial charge in [-0.05, 0) is 19.3 Å². The maximum Gasteiger partial charge on any atom is 0.566 e. The first-order valence-corrected chi connectivity index (χ1v) is 12.1. The Bertz CT molecular complexity index is 884. The van der Waals surface area contributed by atoms with Crippen molar-refractivity contribution in [1.82, 2.24) is 4.57 Å². The highest BCUT2D eigenvalue weighted by Crippen LogP contribution is 2.26. The fourth-order valence-electron chi connectivity index (χ4n) is 2.36. The summed E-state index contributed by atoms with van der Waals surface area (Å²) in [6, 6.07) is 0. The third-order valence-electron chi connectivity index (χ3n) is 3.96. The Kier molecular flexibility index (Phi) is 10.3. The van der Waals surface area contributed by atoms with Gasteiger partial charge in [-0.3, -0.25) is 0 Å². The Labute approximate surface area is 173 Å². The zero-order valence-electron chi connectivity index (χ0n) is 16.5. The van der Waals surface area contributed by atoms with Gasteiger partial charge in [0, 0.05) is 7.11 Å². The summed E-state index contributed by atoms with van der Waals surface area (Å²) in [6.07, 6.45) is 7.01. The van der Waals surface area contributed by atoms with Crippen LogP contribution in [0, 0.1) is 4.91 Å². The van der Waals surface area contributed by atoms with Gasteiger partial charge in [0.05, 0.1) is 31.3 Å². The Balaban J connectivity index is 2.29. The number of imidazole rings is 1. The number of hydrogen-bond acceptors (Lipinski definition) is 7. The number of methoxy groups -OCH3 is 1. The number of hydrogen-bond donors (Lipinski definition) is 0. The second-order valence-electron chi connectivity index (χ2n) is 6.34. The molecule has 30 heavy (non-hydrogen) atoms. The fourth-order valence-corrected chi connectivity index (χ4v) is 4.92. The van der Waals surface area contributed by atoms with Crippen LogP contribution in [-0.4, -0.2) is 63.2 Å². The highest BCUT2D eigenvalue weighted by molar-refractivity contribution is 7.97. The lowest BCUT2D eigenvalue weighted by molar-refractivity contribution is -0.696. The maximum atomic E-state index is 12.3. The molecule has 174 valence electrons. The molecular weight excluding hydrogens is 455 g/mol. The van der Waals surface area contributed by atoms with E-state index in [0.29, 0.717) is 52.2 Å². The minimum absolute atomic E-state index is 0.126. The molecule has 10 nitrogen and oxygen atoms in total. The zero-order valence-corrected chi connectivity index (χ0v) is 18.1. The number of sulfonamides is 2. The normalized spacial score (nSPS) is 12.9. The van der Waals surface area contributed by atoms with Gasteiger partial charge in [-0.15, -0.1) is 8.42 Å². The maximum absolute atomic E-state index is 12.3. The molecule has 15 heteroatoms. The lowest BCUT2D eigenvalue weighted by Crippen LogP contribution is -2.37. The van der Waals surface area contributed by atoms with Crippen molar-refractivity contribution >= 4 is 20.0 Å². The molecule has 1 heterocycles. The molecule has 1 aromatic rings. The molecule has 1 rings (SSSR count). The molecule has 0 aliphatic rings. The van der Waals surface area contributed by atoms with Crippen LogP contribution in [0.15, 0.2) is 18.7 Å². The van der Waals surface area contributed by atoms with Gasteiger partial charge in [0.15, 0.2) is 0 Å². The van der Waals surface area contributed by atoms with E-state index in [1.54, 1.807) is 7.11 Å². The van der Waals surface area contributed by atoms with Crippen molar-refractivity contribution in [2.24, 2.45) is 0 Å². The van der Waals surface area contributed by atoms with E-state index >= 15 is 0 Å². The van der Waals surface area contributed by atoms with E-state index in [9.17, 15) is 34.9 Å². The molecule has 1 aromatic heterocycles. The SMILES string of the molecule is COCCOCCn1cc[n+](CCCCCCS(=O)(=O)[N+](=O)S(=O)(=O)C(F)(F)F)c1. The second-order valence-corrected chi connectivity index (χ2v) is 10.2. The van der Waals surface area contributed by atoms with E-state index in [1.165, 1.54) is 0 Å². The lowest BCUT2D eigenvalue weighted by Gasteiger charge is -2.01. The van der Waals surface area contributed by atoms with Gasteiger partial charge in [0.1, 0.15) is 24.7 Å². The quantitative estimate of drug-likeness (QED) is 0.271. The van der Waals surface area contributed by atoms with Crippen LogP contribution in [0.1, 0.15) is 25.7 Å². The van der Waals surface area contributed by atoms with Crippen LogP contribution in [0.25, 0.3) is 0 Å². The van der Waals surface area contributed by atoms with E-state index in [1.807, 2.05) is 27.9 Å². The molecule has 0 fully saturated rings. The topological polar surface area (TPSA) is 116 Å². The Morgan fingerprint density at radius 3 is 2.33 bits per heavy atom. The minimum atomic E-state index is -6.46. The largest absolute Gasteiger partial charge is 0.566 e. The third kappa shape index (κ3) is 8.28. The van der Waals surface area contributed by atoms with Crippen molar-refractivity contribution < 1.29 is 47.6 Å². The predicted octanol–water partition coefficient (Wildman–Crippen LogP) is 0.957. The second kappa shape index (κ2) is 11.7. The number of unbranched alkanes of at least 4 members (excludes halogenated alkanes) is 3. The lowest BCUT2D eigenvalue weighted by atomic mass is 10.2. The summed E-state index contributed by atoms with van der Waals surface area (Å²) in [5, 5.41) is 0. The van der Waals surface area contributed by atoms with Crippen LogP contribution < -0.4 is 4.57 Å². The summed E-state index contributed by atoms with van der Waals surface area (Å²) in [5.74, 6) is -0.974. The predicted molar refractivity (Wildman–Crippen MR) is 98.2 cm³/mol. The number of ether oxygens (including phenoxy) is 2. The molecule has 0 atom stereocenters. The Hall–Kier alpha value is -1.58. The average molecular weight is 482 g/mol. The Morgan fingerprint density at radius 1 is 1.03 bits per heavy atom. The summed E-state index contributed by atoms with van der Waals surface area (Å²) in [4.78, 5) is 11.2. The number of aryl methyl sites for hydroxylation is 1. The van der Waals surface area contributed by atoms with Gasteiger partial charge in [-0.25, -0.2) is 9.13 Å². The van der Waals surface area contributed by atoms with Crippen molar-refractivity contribution in [3.63, 3.8) is 0 Å². The number of nitroso groups, excluding NO2 is 1. The van der Waals surface area contributed by atoms with Crippen molar-refractivity contribution in [3.05, 3.63) is 23.6 Å². The van der Waals surface area contributed by atoms with Crippen molar-refractivity contribution in [3.8, 4) is 0 Å². The molecule has 0 amide bonds. The molecule has 0 radical (unpaired) electrons. The van der Waals surface area contributed by atoms with E-state index < -0.39 is 34.9 Å². The van der Waals surface area contributed by atoms with Crippen LogP contribution in [0.5, 0.6) is 0 Å². The van der Waals surface area contributed by atoms with Gasteiger partial charge in [0.2, 0.25) is 6.33 Å². The molecule has 0 saturated heterocycles. The molecule has 0 aromatic carbocycles. The molecule has 0 aliphatic heterocycles. The van der Waals surface area contributed by atoms with E-state index in [2.05, 4.69) is 0 Å². The van der Waals surface area contributed by atoms with Crippen molar-refractivity contribution in [2.45, 2.75) is 44.3 Å². The first kappa shape index (κ1) is 26.5. The van der Waals surface area contributed by atoms with Crippen LogP contribution in [0.3, 0.4) is 0 Å². The van der Waals surface area contributed by atoms with E-state index in [4.69, 9.17) is 9.47 Å². The first-order chi connectivity index (χ1) is 13.9. The van der Waals surface area contributed by atoms with Crippen molar-refractivity contribution in [2.75, 3.05) is 32.7 Å². The van der Waals surface area contributed by atoms with Gasteiger partial charge in [0.25, 0.3) is 3.57 Å². The zero-order chi connectivity index (χ0) is 22.8. The molecular formula is C15H26F3N3O7S2+2. The number of rotatable bonds is 15. The standard InChI is InChI=1S/C15H26F3N3O7S2/c1-27-11-12-28-10-9-20-8-7-19(14-20)6-4-2-3-5-13-29(23,24)21(22)30(25,26)15(16,17)18/h7-8,14H,2-6,9-13H2,1H3/q+2. The molecule has 0 spiro atoms. The number of alkyl halides is 3. The average Bonchev–Trinajstić information content (AvgIpc) is 3.10. The number of nitrogens with zero attached hydrogens (tertiary/aromatic N) is 3. The third-order valence-corrected chi connectivity index (χ3v) is 7.46. The van der Waals surface area contributed by atoms with E-state index in [-0.39, 0.29) is 6.42 Å². The smallest absolute Gasteiger partial charge is 0.382 e. The fraction of sp³-hybridized carbons (Fsp3) is 0.800. The van der Waals surface area contributed by atoms with Crippen LogP contribution in [-0.2, 0) is 42.6 Å². The monoisotopic (exact) mass is 481 g/mol. The number of halogens is 3.